The minimum Gasteiger partial charge on any atom is -0.399 e. The summed E-state index contributed by atoms with van der Waals surface area (Å²) in [4.78, 5) is -0.0689. The van der Waals surface area contributed by atoms with Gasteiger partial charge in [0.15, 0.2) is 0 Å². The fraction of sp³-hybridized carbons (Fsp3) is 0.571. The molecule has 0 radical (unpaired) electrons. The Morgan fingerprint density at radius 2 is 2.05 bits per heavy atom. The third-order valence-corrected chi connectivity index (χ3v) is 5.94. The van der Waals surface area contributed by atoms with Crippen molar-refractivity contribution in [3.05, 3.63) is 23.5 Å². The monoisotopic (exact) mass is 300 g/mol. The van der Waals surface area contributed by atoms with Crippen LogP contribution in [0.25, 0.3) is 0 Å². The Morgan fingerprint density at radius 1 is 1.40 bits per heavy atom. The summed E-state index contributed by atoms with van der Waals surface area (Å²) in [5.41, 5.74) is 5.82. The van der Waals surface area contributed by atoms with Gasteiger partial charge in [-0.2, -0.15) is 0 Å². The van der Waals surface area contributed by atoms with E-state index in [-0.39, 0.29) is 21.6 Å². The summed E-state index contributed by atoms with van der Waals surface area (Å²) in [6, 6.07) is 2.44. The molecule has 112 valence electrons. The number of nitrogens with two attached hydrogens (primary N) is 1. The van der Waals surface area contributed by atoms with Crippen LogP contribution in [-0.4, -0.2) is 15.0 Å². The van der Waals surface area contributed by atoms with Gasteiger partial charge in [-0.25, -0.2) is 17.5 Å². The first kappa shape index (κ1) is 15.3. The lowest BCUT2D eigenvalue weighted by Crippen LogP contribution is -2.41. The van der Waals surface area contributed by atoms with Gasteiger partial charge in [0.2, 0.25) is 10.0 Å². The zero-order valence-electron chi connectivity index (χ0n) is 11.9. The van der Waals surface area contributed by atoms with Crippen molar-refractivity contribution in [1.82, 2.24) is 4.72 Å². The second kappa shape index (κ2) is 5.33. The fourth-order valence-electron chi connectivity index (χ4n) is 2.61. The Bertz CT molecular complexity index is 604. The maximum Gasteiger partial charge on any atom is 0.241 e. The first-order valence-electron chi connectivity index (χ1n) is 6.85. The van der Waals surface area contributed by atoms with E-state index in [9.17, 15) is 12.8 Å². The number of sulfonamides is 1. The van der Waals surface area contributed by atoms with E-state index in [2.05, 4.69) is 11.6 Å². The number of halogens is 1. The van der Waals surface area contributed by atoms with E-state index < -0.39 is 15.8 Å². The predicted molar refractivity (Wildman–Crippen MR) is 77.3 cm³/mol. The maximum atomic E-state index is 13.6. The minimum absolute atomic E-state index is 0.0689. The highest BCUT2D eigenvalue weighted by atomic mass is 32.2. The molecule has 0 atom stereocenters. The number of nitrogens with one attached hydrogen (secondary N) is 1. The maximum absolute atomic E-state index is 13.6. The molecule has 0 unspecified atom stereocenters. The molecule has 1 saturated carbocycles. The van der Waals surface area contributed by atoms with Crippen molar-refractivity contribution >= 4 is 15.7 Å². The number of anilines is 1. The summed E-state index contributed by atoms with van der Waals surface area (Å²) < 4.78 is 40.9. The summed E-state index contributed by atoms with van der Waals surface area (Å²) >= 11 is 0. The molecule has 4 nitrogen and oxygen atoms in total. The van der Waals surface area contributed by atoms with Gasteiger partial charge in [0.25, 0.3) is 0 Å². The Kier molecular flexibility index (Phi) is 4.07. The van der Waals surface area contributed by atoms with E-state index in [0.29, 0.717) is 6.54 Å². The lowest BCUT2D eigenvalue weighted by atomic mass is 9.67. The topological polar surface area (TPSA) is 72.2 Å². The van der Waals surface area contributed by atoms with E-state index in [1.54, 1.807) is 0 Å². The zero-order chi connectivity index (χ0) is 15.0. The van der Waals surface area contributed by atoms with Crippen molar-refractivity contribution in [2.24, 2.45) is 5.41 Å². The molecule has 1 aromatic carbocycles. The first-order chi connectivity index (χ1) is 9.30. The van der Waals surface area contributed by atoms with Gasteiger partial charge in [-0.1, -0.05) is 13.3 Å². The van der Waals surface area contributed by atoms with Crippen molar-refractivity contribution < 1.29 is 12.8 Å². The molecule has 20 heavy (non-hydrogen) atoms. The molecule has 6 heteroatoms. The van der Waals surface area contributed by atoms with E-state index in [4.69, 9.17) is 5.73 Å². The van der Waals surface area contributed by atoms with Gasteiger partial charge in [0.1, 0.15) is 5.82 Å². The van der Waals surface area contributed by atoms with E-state index in [0.717, 1.165) is 31.7 Å². The van der Waals surface area contributed by atoms with E-state index in [1.807, 2.05) is 0 Å². The number of hydrogen-bond acceptors (Lipinski definition) is 3. The summed E-state index contributed by atoms with van der Waals surface area (Å²) in [6.07, 6.45) is 4.16. The highest BCUT2D eigenvalue weighted by Gasteiger charge is 2.36. The van der Waals surface area contributed by atoms with Crippen molar-refractivity contribution in [2.75, 3.05) is 12.3 Å². The smallest absolute Gasteiger partial charge is 0.241 e. The van der Waals surface area contributed by atoms with Gasteiger partial charge < -0.3 is 5.73 Å². The van der Waals surface area contributed by atoms with Gasteiger partial charge in [0.05, 0.1) is 4.90 Å². The van der Waals surface area contributed by atoms with Crippen LogP contribution >= 0.6 is 0 Å². The normalized spacial score (nSPS) is 17.8. The van der Waals surface area contributed by atoms with E-state index in [1.165, 1.54) is 13.0 Å². The highest BCUT2D eigenvalue weighted by Crippen LogP contribution is 2.43. The summed E-state index contributed by atoms with van der Waals surface area (Å²) in [5.74, 6) is -0.598. The van der Waals surface area contributed by atoms with Crippen LogP contribution in [0.15, 0.2) is 17.0 Å². The van der Waals surface area contributed by atoms with Crippen molar-refractivity contribution in [2.45, 2.75) is 44.4 Å². The summed E-state index contributed by atoms with van der Waals surface area (Å²) in [6.45, 7) is 3.92. The van der Waals surface area contributed by atoms with Crippen LogP contribution < -0.4 is 10.5 Å². The molecule has 1 fully saturated rings. The summed E-state index contributed by atoms with van der Waals surface area (Å²) in [7, 11) is -3.73. The summed E-state index contributed by atoms with van der Waals surface area (Å²) in [5, 5.41) is 0. The van der Waals surface area contributed by atoms with Crippen LogP contribution in [0.1, 0.15) is 38.2 Å². The first-order valence-corrected chi connectivity index (χ1v) is 8.33. The van der Waals surface area contributed by atoms with Crippen LogP contribution in [0.3, 0.4) is 0 Å². The number of hydrogen-bond donors (Lipinski definition) is 2. The molecule has 2 rings (SSSR count). The molecule has 1 aromatic rings. The second-order valence-electron chi connectivity index (χ2n) is 5.66. The quantitative estimate of drug-likeness (QED) is 0.821. The third-order valence-electron chi connectivity index (χ3n) is 4.41. The number of rotatable bonds is 5. The molecular weight excluding hydrogens is 279 g/mol. The molecule has 0 aliphatic heterocycles. The van der Waals surface area contributed by atoms with Crippen molar-refractivity contribution in [3.8, 4) is 0 Å². The van der Waals surface area contributed by atoms with Crippen molar-refractivity contribution in [3.63, 3.8) is 0 Å². The minimum atomic E-state index is -3.73. The lowest BCUT2D eigenvalue weighted by molar-refractivity contribution is 0.133. The van der Waals surface area contributed by atoms with Crippen molar-refractivity contribution in [1.29, 1.82) is 0 Å². The zero-order valence-corrected chi connectivity index (χ0v) is 12.7. The predicted octanol–water partition coefficient (Wildman–Crippen LogP) is 2.57. The van der Waals surface area contributed by atoms with Gasteiger partial charge in [-0.15, -0.1) is 0 Å². The highest BCUT2D eigenvalue weighted by molar-refractivity contribution is 7.89. The Labute approximate surface area is 119 Å². The molecule has 0 amide bonds. The van der Waals surface area contributed by atoms with Gasteiger partial charge in [-0.05, 0) is 43.7 Å². The standard InChI is InChI=1S/C14H21FN2O2S/c1-3-14(5-4-6-14)9-17-20(18,19)13-8-11(16)7-12(15)10(13)2/h7-8,17H,3-6,9,16H2,1-2H3. The average Bonchev–Trinajstić information content (AvgIpc) is 2.32. The third kappa shape index (κ3) is 2.81. The SMILES string of the molecule is CCC1(CNS(=O)(=O)c2cc(N)cc(F)c2C)CCC1. The molecule has 0 bridgehead atoms. The molecule has 0 spiro atoms. The van der Waals surface area contributed by atoms with Gasteiger partial charge in [-0.3, -0.25) is 0 Å². The van der Waals surface area contributed by atoms with Crippen LogP contribution in [0, 0.1) is 18.2 Å². The Hall–Kier alpha value is -1.14. The van der Waals surface area contributed by atoms with Crippen LogP contribution in [0.5, 0.6) is 0 Å². The lowest BCUT2D eigenvalue weighted by Gasteiger charge is -2.41. The molecule has 0 saturated heterocycles. The van der Waals surface area contributed by atoms with E-state index >= 15 is 0 Å². The largest absolute Gasteiger partial charge is 0.399 e. The van der Waals surface area contributed by atoms with Gasteiger partial charge >= 0.3 is 0 Å². The molecule has 0 aromatic heterocycles. The van der Waals surface area contributed by atoms with Crippen LogP contribution in [0.2, 0.25) is 0 Å². The molecule has 1 aliphatic carbocycles. The van der Waals surface area contributed by atoms with Crippen LogP contribution in [-0.2, 0) is 10.0 Å². The van der Waals surface area contributed by atoms with Gasteiger partial charge in [0, 0.05) is 17.8 Å². The molecule has 0 heterocycles. The molecule has 1 aliphatic rings. The number of benzene rings is 1. The average molecular weight is 300 g/mol. The Balaban J connectivity index is 2.23. The molecular formula is C14H21FN2O2S. The molecule has 3 N–H and O–H groups in total. The second-order valence-corrected chi connectivity index (χ2v) is 7.39. The fourth-order valence-corrected chi connectivity index (χ4v) is 4.05. The Morgan fingerprint density at radius 3 is 2.55 bits per heavy atom. The van der Waals surface area contributed by atoms with Crippen LogP contribution in [0.4, 0.5) is 10.1 Å². The number of nitrogen functional groups attached to an aromatic ring is 1.